The van der Waals surface area contributed by atoms with Crippen LogP contribution in [0.5, 0.6) is 0 Å². The third-order valence-corrected chi connectivity index (χ3v) is 5.95. The molecule has 6 heteroatoms. The molecule has 20 heavy (non-hydrogen) atoms. The molecule has 4 nitrogen and oxygen atoms in total. The zero-order chi connectivity index (χ0) is 14.6. The van der Waals surface area contributed by atoms with Crippen LogP contribution in [0.2, 0.25) is 0 Å². The summed E-state index contributed by atoms with van der Waals surface area (Å²) in [7, 11) is -3.42. The predicted molar refractivity (Wildman–Crippen MR) is 82.3 cm³/mol. The van der Waals surface area contributed by atoms with Gasteiger partial charge in [-0.15, -0.1) is 11.3 Å². The molecule has 0 fully saturated rings. The van der Waals surface area contributed by atoms with Crippen LogP contribution in [0.1, 0.15) is 16.0 Å². The Bertz CT molecular complexity index is 678. The highest BCUT2D eigenvalue weighted by molar-refractivity contribution is 7.91. The minimum atomic E-state index is -3.42. The second kappa shape index (κ2) is 6.49. The van der Waals surface area contributed by atoms with E-state index >= 15 is 0 Å². The zero-order valence-corrected chi connectivity index (χ0v) is 12.9. The highest BCUT2D eigenvalue weighted by Crippen LogP contribution is 2.20. The lowest BCUT2D eigenvalue weighted by Crippen LogP contribution is -2.25. The number of aryl methyl sites for hydroxylation is 1. The molecular weight excluding hydrogens is 292 g/mol. The molecule has 0 saturated heterocycles. The Morgan fingerprint density at radius 1 is 1.25 bits per heavy atom. The summed E-state index contributed by atoms with van der Waals surface area (Å²) in [5, 5.41) is 0. The van der Waals surface area contributed by atoms with Crippen molar-refractivity contribution in [3.05, 3.63) is 52.4 Å². The number of rotatable bonds is 6. The van der Waals surface area contributed by atoms with Gasteiger partial charge in [-0.1, -0.05) is 29.8 Å². The van der Waals surface area contributed by atoms with Crippen molar-refractivity contribution in [2.75, 3.05) is 6.54 Å². The van der Waals surface area contributed by atoms with E-state index in [1.165, 1.54) is 16.9 Å². The maximum Gasteiger partial charge on any atom is 0.250 e. The Labute approximate surface area is 123 Å². The number of nitrogens with one attached hydrogen (secondary N) is 1. The van der Waals surface area contributed by atoms with E-state index in [0.717, 1.165) is 10.4 Å². The zero-order valence-electron chi connectivity index (χ0n) is 11.3. The van der Waals surface area contributed by atoms with E-state index in [-0.39, 0.29) is 0 Å². The van der Waals surface area contributed by atoms with Crippen molar-refractivity contribution >= 4 is 21.4 Å². The Morgan fingerprint density at radius 2 is 2.05 bits per heavy atom. The maximum atomic E-state index is 12.1. The molecule has 0 spiro atoms. The van der Waals surface area contributed by atoms with Crippen molar-refractivity contribution in [1.82, 2.24) is 4.72 Å². The normalized spacial score (nSPS) is 11.7. The summed E-state index contributed by atoms with van der Waals surface area (Å²) in [5.41, 5.74) is 7.80. The minimum absolute atomic E-state index is 0.321. The molecule has 2 rings (SSSR count). The van der Waals surface area contributed by atoms with Crippen molar-refractivity contribution in [3.63, 3.8) is 0 Å². The van der Waals surface area contributed by atoms with Crippen LogP contribution in [0.25, 0.3) is 0 Å². The Morgan fingerprint density at radius 3 is 2.70 bits per heavy atom. The number of thiophene rings is 1. The summed E-state index contributed by atoms with van der Waals surface area (Å²) in [6.07, 6.45) is 0.677. The minimum Gasteiger partial charge on any atom is -0.326 e. The van der Waals surface area contributed by atoms with Gasteiger partial charge in [0.15, 0.2) is 0 Å². The lowest BCUT2D eigenvalue weighted by molar-refractivity contribution is 0.584. The first-order chi connectivity index (χ1) is 9.51. The lowest BCUT2D eigenvalue weighted by atomic mass is 10.1. The first kappa shape index (κ1) is 15.2. The van der Waals surface area contributed by atoms with Crippen LogP contribution in [-0.2, 0) is 23.0 Å². The second-order valence-corrected chi connectivity index (χ2v) is 7.72. The van der Waals surface area contributed by atoms with E-state index in [2.05, 4.69) is 10.8 Å². The van der Waals surface area contributed by atoms with E-state index in [1.54, 1.807) is 12.1 Å². The van der Waals surface area contributed by atoms with Gasteiger partial charge in [-0.25, -0.2) is 13.1 Å². The Balaban J connectivity index is 1.96. The summed E-state index contributed by atoms with van der Waals surface area (Å²) in [6.45, 7) is 2.78. The van der Waals surface area contributed by atoms with Gasteiger partial charge in [0.05, 0.1) is 0 Å². The summed E-state index contributed by atoms with van der Waals surface area (Å²) >= 11 is 1.21. The maximum absolute atomic E-state index is 12.1. The first-order valence-corrected chi connectivity index (χ1v) is 8.65. The number of hydrogen-bond donors (Lipinski definition) is 2. The van der Waals surface area contributed by atoms with Gasteiger partial charge in [-0.05, 0) is 31.0 Å². The lowest BCUT2D eigenvalue weighted by Gasteiger charge is -2.05. The van der Waals surface area contributed by atoms with E-state index in [4.69, 9.17) is 5.73 Å². The summed E-state index contributed by atoms with van der Waals surface area (Å²) in [5.74, 6) is 0. The van der Waals surface area contributed by atoms with Crippen molar-refractivity contribution in [1.29, 1.82) is 0 Å². The van der Waals surface area contributed by atoms with Gasteiger partial charge in [0, 0.05) is 18.0 Å². The van der Waals surface area contributed by atoms with Crippen LogP contribution in [0.4, 0.5) is 0 Å². The van der Waals surface area contributed by atoms with Gasteiger partial charge >= 0.3 is 0 Å². The monoisotopic (exact) mass is 310 g/mol. The van der Waals surface area contributed by atoms with E-state index in [1.807, 2.05) is 25.1 Å². The fourth-order valence-corrected chi connectivity index (χ4v) is 4.19. The molecule has 1 heterocycles. The third kappa shape index (κ3) is 3.89. The van der Waals surface area contributed by atoms with Crippen molar-refractivity contribution in [2.45, 2.75) is 24.1 Å². The fourth-order valence-electron chi connectivity index (χ4n) is 1.88. The average molecular weight is 310 g/mol. The molecule has 0 aliphatic carbocycles. The molecule has 0 saturated carbocycles. The molecular formula is C14H18N2O2S2. The molecule has 0 aliphatic heterocycles. The van der Waals surface area contributed by atoms with Crippen LogP contribution < -0.4 is 10.5 Å². The molecule has 2 aromatic rings. The average Bonchev–Trinajstić information content (AvgIpc) is 2.88. The van der Waals surface area contributed by atoms with E-state index in [9.17, 15) is 8.42 Å². The van der Waals surface area contributed by atoms with Crippen LogP contribution in [0.15, 0.2) is 40.6 Å². The van der Waals surface area contributed by atoms with Gasteiger partial charge in [0.1, 0.15) is 4.21 Å². The number of sulfonamides is 1. The van der Waals surface area contributed by atoms with E-state index in [0.29, 0.717) is 23.7 Å². The number of hydrogen-bond acceptors (Lipinski definition) is 4. The number of benzene rings is 1. The highest BCUT2D eigenvalue weighted by Gasteiger charge is 2.15. The van der Waals surface area contributed by atoms with Gasteiger partial charge in [0.2, 0.25) is 10.0 Å². The third-order valence-electron chi connectivity index (χ3n) is 2.89. The molecule has 0 bridgehead atoms. The quantitative estimate of drug-likeness (QED) is 0.857. The molecule has 0 radical (unpaired) electrons. The first-order valence-electron chi connectivity index (χ1n) is 6.35. The largest absolute Gasteiger partial charge is 0.326 e. The SMILES string of the molecule is Cc1cccc(CCNS(=O)(=O)c2ccc(CN)s2)c1. The van der Waals surface area contributed by atoms with Crippen LogP contribution in [-0.4, -0.2) is 15.0 Å². The fraction of sp³-hybridized carbons (Fsp3) is 0.286. The molecule has 0 atom stereocenters. The van der Waals surface area contributed by atoms with Gasteiger partial charge in [-0.2, -0.15) is 0 Å². The molecule has 3 N–H and O–H groups in total. The molecule has 1 aromatic heterocycles. The van der Waals surface area contributed by atoms with Crippen molar-refractivity contribution in [3.8, 4) is 0 Å². The highest BCUT2D eigenvalue weighted by atomic mass is 32.2. The topological polar surface area (TPSA) is 72.2 Å². The molecule has 0 aliphatic rings. The van der Waals surface area contributed by atoms with Crippen LogP contribution in [0.3, 0.4) is 0 Å². The summed E-state index contributed by atoms with van der Waals surface area (Å²) in [4.78, 5) is 0.865. The molecule has 0 unspecified atom stereocenters. The smallest absolute Gasteiger partial charge is 0.250 e. The van der Waals surface area contributed by atoms with Crippen molar-refractivity contribution < 1.29 is 8.42 Å². The molecule has 108 valence electrons. The van der Waals surface area contributed by atoms with Gasteiger partial charge in [-0.3, -0.25) is 0 Å². The van der Waals surface area contributed by atoms with E-state index < -0.39 is 10.0 Å². The van der Waals surface area contributed by atoms with Gasteiger partial charge < -0.3 is 5.73 Å². The Hall–Kier alpha value is -1.21. The summed E-state index contributed by atoms with van der Waals surface area (Å²) in [6, 6.07) is 11.4. The van der Waals surface area contributed by atoms with Crippen LogP contribution in [0, 0.1) is 6.92 Å². The Kier molecular flexibility index (Phi) is 4.93. The van der Waals surface area contributed by atoms with Crippen molar-refractivity contribution in [2.24, 2.45) is 5.73 Å². The van der Waals surface area contributed by atoms with Crippen LogP contribution >= 0.6 is 11.3 Å². The van der Waals surface area contributed by atoms with Gasteiger partial charge in [0.25, 0.3) is 0 Å². The summed E-state index contributed by atoms with van der Waals surface area (Å²) < 4.78 is 27.1. The molecule has 0 amide bonds. The predicted octanol–water partition coefficient (Wildman–Crippen LogP) is 2.04. The second-order valence-electron chi connectivity index (χ2n) is 4.56. The standard InChI is InChI=1S/C14H18N2O2S2/c1-11-3-2-4-12(9-11)7-8-16-20(17,18)14-6-5-13(10-15)19-14/h2-6,9,16H,7-8,10,15H2,1H3. The number of nitrogens with two attached hydrogens (primary N) is 1. The molecule has 1 aromatic carbocycles.